The lowest BCUT2D eigenvalue weighted by Gasteiger charge is -2.09. The molecule has 0 unspecified atom stereocenters. The third-order valence-electron chi connectivity index (χ3n) is 5.34. The average Bonchev–Trinajstić information content (AvgIpc) is 2.85. The lowest BCUT2D eigenvalue weighted by molar-refractivity contribution is 1.09. The van der Waals surface area contributed by atoms with Crippen molar-refractivity contribution in [1.29, 1.82) is 0 Å². The van der Waals surface area contributed by atoms with Crippen LogP contribution in [0.4, 0.5) is 0 Å². The molecular weight excluding hydrogens is 326 g/mol. The molecule has 1 aromatic heterocycles. The summed E-state index contributed by atoms with van der Waals surface area (Å²) in [5.41, 5.74) is 8.98. The molecule has 1 nitrogen and oxygen atoms in total. The van der Waals surface area contributed by atoms with Gasteiger partial charge in [0.25, 0.3) is 0 Å². The number of benzene rings is 3. The number of hydrogen-bond donors (Lipinski definition) is 0. The summed E-state index contributed by atoms with van der Waals surface area (Å²) in [6.45, 7) is 2.13. The van der Waals surface area contributed by atoms with Crippen molar-refractivity contribution in [2.24, 2.45) is 0 Å². The van der Waals surface area contributed by atoms with Gasteiger partial charge in [-0.05, 0) is 60.4 Å². The molecule has 1 aliphatic rings. The molecule has 0 radical (unpaired) electrons. The van der Waals surface area contributed by atoms with Gasteiger partial charge >= 0.3 is 0 Å². The lowest BCUT2D eigenvalue weighted by Crippen LogP contribution is -1.97. The van der Waals surface area contributed by atoms with Crippen LogP contribution in [0.25, 0.3) is 33.8 Å². The summed E-state index contributed by atoms with van der Waals surface area (Å²) in [6, 6.07) is 26.3. The van der Waals surface area contributed by atoms with Crippen molar-refractivity contribution >= 4 is 17.0 Å². The first-order valence-corrected chi connectivity index (χ1v) is 9.44. The highest BCUT2D eigenvalue weighted by Gasteiger charge is 2.17. The van der Waals surface area contributed by atoms with Crippen LogP contribution in [0.1, 0.15) is 16.8 Å². The Morgan fingerprint density at radius 2 is 1.56 bits per heavy atom. The Kier molecular flexibility index (Phi) is 3.79. The van der Waals surface area contributed by atoms with Crippen LogP contribution in [0.15, 0.2) is 91.0 Å². The van der Waals surface area contributed by atoms with Crippen LogP contribution in [-0.2, 0) is 6.42 Å². The Bertz CT molecular complexity index is 1170. The Balaban J connectivity index is 1.78. The van der Waals surface area contributed by atoms with E-state index in [1.54, 1.807) is 0 Å². The highest BCUT2D eigenvalue weighted by molar-refractivity contribution is 5.93. The topological polar surface area (TPSA) is 4.93 Å². The lowest BCUT2D eigenvalue weighted by atomic mass is 10.0. The number of para-hydroxylation sites is 1. The third kappa shape index (κ3) is 2.72. The number of allylic oxidation sites excluding steroid dienone is 3. The minimum Gasteiger partial charge on any atom is -0.310 e. The van der Waals surface area contributed by atoms with Crippen molar-refractivity contribution in [2.75, 3.05) is 0 Å². The monoisotopic (exact) mass is 347 g/mol. The van der Waals surface area contributed by atoms with Gasteiger partial charge in [-0.1, -0.05) is 72.3 Å². The first kappa shape index (κ1) is 15.9. The van der Waals surface area contributed by atoms with Gasteiger partial charge in [0.1, 0.15) is 0 Å². The van der Waals surface area contributed by atoms with Crippen molar-refractivity contribution in [3.63, 3.8) is 0 Å². The first-order chi connectivity index (χ1) is 13.3. The maximum Gasteiger partial charge on any atom is 0.0538 e. The molecule has 130 valence electrons. The fourth-order valence-corrected chi connectivity index (χ4v) is 3.96. The summed E-state index contributed by atoms with van der Waals surface area (Å²) in [6.07, 6.45) is 9.72. The van der Waals surface area contributed by atoms with Crippen molar-refractivity contribution in [3.05, 3.63) is 108 Å². The normalized spacial score (nSPS) is 12.9. The number of nitrogens with zero attached hydrogens (tertiary/aromatic N) is 1. The first-order valence-electron chi connectivity index (χ1n) is 9.44. The highest BCUT2D eigenvalue weighted by atomic mass is 15.0. The van der Waals surface area contributed by atoms with E-state index in [0.717, 1.165) is 6.42 Å². The molecule has 27 heavy (non-hydrogen) atoms. The number of aromatic nitrogens is 1. The summed E-state index contributed by atoms with van der Waals surface area (Å²) >= 11 is 0. The molecule has 1 aliphatic carbocycles. The van der Waals surface area contributed by atoms with Gasteiger partial charge in [0.05, 0.1) is 11.2 Å². The Morgan fingerprint density at radius 1 is 0.778 bits per heavy atom. The molecule has 3 aromatic carbocycles. The van der Waals surface area contributed by atoms with Crippen LogP contribution in [0.2, 0.25) is 0 Å². The van der Waals surface area contributed by atoms with Crippen molar-refractivity contribution in [2.45, 2.75) is 13.3 Å². The van der Waals surface area contributed by atoms with E-state index in [0.29, 0.717) is 0 Å². The van der Waals surface area contributed by atoms with E-state index in [-0.39, 0.29) is 0 Å². The summed E-state index contributed by atoms with van der Waals surface area (Å²) in [7, 11) is 0. The van der Waals surface area contributed by atoms with E-state index >= 15 is 0 Å². The molecule has 5 rings (SSSR count). The average molecular weight is 347 g/mol. The minimum absolute atomic E-state index is 0.954. The largest absolute Gasteiger partial charge is 0.310 e. The van der Waals surface area contributed by atoms with E-state index in [4.69, 9.17) is 0 Å². The molecule has 0 spiro atoms. The number of fused-ring (bicyclic) bond motifs is 3. The maximum absolute atomic E-state index is 2.38. The summed E-state index contributed by atoms with van der Waals surface area (Å²) in [5, 5.41) is 1.34. The molecule has 4 aromatic rings. The SMILES string of the molecule is Cc1ccc(-c2ccc3c(c2)c2c(n3-c3ccccc3)C=CC=CC2)cc1. The Hall–Kier alpha value is -3.32. The molecular formula is C26H21N. The molecule has 0 bridgehead atoms. The quantitative estimate of drug-likeness (QED) is 0.379. The predicted molar refractivity (Wildman–Crippen MR) is 115 cm³/mol. The number of aryl methyl sites for hydroxylation is 1. The second-order valence-corrected chi connectivity index (χ2v) is 7.12. The van der Waals surface area contributed by atoms with Crippen molar-refractivity contribution in [3.8, 4) is 16.8 Å². The molecule has 0 saturated heterocycles. The third-order valence-corrected chi connectivity index (χ3v) is 5.34. The van der Waals surface area contributed by atoms with Gasteiger partial charge in [0.2, 0.25) is 0 Å². The van der Waals surface area contributed by atoms with Crippen LogP contribution < -0.4 is 0 Å². The van der Waals surface area contributed by atoms with Crippen LogP contribution in [0.3, 0.4) is 0 Å². The molecule has 1 heterocycles. The maximum atomic E-state index is 2.38. The van der Waals surface area contributed by atoms with Gasteiger partial charge in [0.15, 0.2) is 0 Å². The van der Waals surface area contributed by atoms with Crippen molar-refractivity contribution < 1.29 is 0 Å². The Labute approximate surface area is 159 Å². The summed E-state index contributed by atoms with van der Waals surface area (Å²) < 4.78 is 2.38. The second-order valence-electron chi connectivity index (χ2n) is 7.12. The van der Waals surface area contributed by atoms with Gasteiger partial charge in [0, 0.05) is 11.1 Å². The molecule has 0 saturated carbocycles. The summed E-state index contributed by atoms with van der Waals surface area (Å²) in [4.78, 5) is 0. The van der Waals surface area contributed by atoms with E-state index < -0.39 is 0 Å². The molecule has 1 heteroatoms. The fourth-order valence-electron chi connectivity index (χ4n) is 3.96. The zero-order valence-electron chi connectivity index (χ0n) is 15.4. The van der Waals surface area contributed by atoms with E-state index in [9.17, 15) is 0 Å². The fraction of sp³-hybridized carbons (Fsp3) is 0.0769. The molecule has 0 atom stereocenters. The van der Waals surface area contributed by atoms with Gasteiger partial charge in [-0.15, -0.1) is 0 Å². The zero-order chi connectivity index (χ0) is 18.2. The molecule has 0 amide bonds. The van der Waals surface area contributed by atoms with Crippen LogP contribution in [0.5, 0.6) is 0 Å². The van der Waals surface area contributed by atoms with Gasteiger partial charge < -0.3 is 4.57 Å². The second kappa shape index (κ2) is 6.44. The molecule has 0 N–H and O–H groups in total. The Morgan fingerprint density at radius 3 is 2.37 bits per heavy atom. The standard InChI is InChI=1S/C26H21N/c1-19-12-14-20(15-13-19)21-16-17-26-24(18-21)23-10-6-3-7-11-25(23)27(26)22-8-4-2-5-9-22/h2-9,11-18H,10H2,1H3. The summed E-state index contributed by atoms with van der Waals surface area (Å²) in [5.74, 6) is 0. The van der Waals surface area contributed by atoms with Crippen LogP contribution >= 0.6 is 0 Å². The molecule has 0 fully saturated rings. The minimum atomic E-state index is 0.954. The van der Waals surface area contributed by atoms with Gasteiger partial charge in [-0.2, -0.15) is 0 Å². The smallest absolute Gasteiger partial charge is 0.0538 e. The van der Waals surface area contributed by atoms with Gasteiger partial charge in [-0.3, -0.25) is 0 Å². The van der Waals surface area contributed by atoms with Crippen LogP contribution in [0, 0.1) is 6.92 Å². The van der Waals surface area contributed by atoms with Gasteiger partial charge in [-0.25, -0.2) is 0 Å². The van der Waals surface area contributed by atoms with E-state index in [1.165, 1.54) is 44.5 Å². The zero-order valence-corrected chi connectivity index (χ0v) is 15.4. The highest BCUT2D eigenvalue weighted by Crippen LogP contribution is 2.35. The van der Waals surface area contributed by atoms with Crippen LogP contribution in [-0.4, -0.2) is 4.57 Å². The number of hydrogen-bond acceptors (Lipinski definition) is 0. The van der Waals surface area contributed by atoms with E-state index in [1.807, 2.05) is 0 Å². The van der Waals surface area contributed by atoms with Crippen molar-refractivity contribution in [1.82, 2.24) is 4.57 Å². The number of rotatable bonds is 2. The predicted octanol–water partition coefficient (Wildman–Crippen LogP) is 6.73. The van der Waals surface area contributed by atoms with E-state index in [2.05, 4.69) is 109 Å². The molecule has 0 aliphatic heterocycles.